The lowest BCUT2D eigenvalue weighted by Gasteiger charge is -2.17. The third kappa shape index (κ3) is 5.06. The number of amides is 1. The van der Waals surface area contributed by atoms with E-state index in [1.807, 2.05) is 67.7 Å². The van der Waals surface area contributed by atoms with E-state index in [9.17, 15) is 4.79 Å². The number of hydrogen-bond donors (Lipinski definition) is 2. The highest BCUT2D eigenvalue weighted by Gasteiger charge is 2.16. The van der Waals surface area contributed by atoms with Gasteiger partial charge < -0.3 is 10.6 Å². The van der Waals surface area contributed by atoms with Crippen LogP contribution in [-0.4, -0.2) is 12.5 Å². The van der Waals surface area contributed by atoms with Crippen LogP contribution in [-0.2, 0) is 4.79 Å². The van der Waals surface area contributed by atoms with Crippen LogP contribution >= 0.6 is 27.5 Å². The molecule has 0 fully saturated rings. The molecule has 0 radical (unpaired) electrons. The summed E-state index contributed by atoms with van der Waals surface area (Å²) in [5.41, 5.74) is 2.11. The molecule has 122 valence electrons. The summed E-state index contributed by atoms with van der Waals surface area (Å²) in [7, 11) is 0. The fourth-order valence-corrected chi connectivity index (χ4v) is 3.40. The number of rotatable bonds is 6. The van der Waals surface area contributed by atoms with Crippen molar-refractivity contribution in [1.29, 1.82) is 0 Å². The van der Waals surface area contributed by atoms with Crippen molar-refractivity contribution in [3.63, 3.8) is 0 Å². The molecule has 2 aromatic carbocycles. The van der Waals surface area contributed by atoms with Crippen LogP contribution in [0.2, 0.25) is 5.02 Å². The van der Waals surface area contributed by atoms with E-state index in [1.54, 1.807) is 0 Å². The van der Waals surface area contributed by atoms with Crippen molar-refractivity contribution in [1.82, 2.24) is 5.32 Å². The highest BCUT2D eigenvalue weighted by molar-refractivity contribution is 9.10. The molecule has 0 heterocycles. The molecule has 3 nitrogen and oxygen atoms in total. The van der Waals surface area contributed by atoms with Crippen molar-refractivity contribution in [2.24, 2.45) is 0 Å². The van der Waals surface area contributed by atoms with Crippen molar-refractivity contribution in [3.05, 3.63) is 69.2 Å². The molecule has 0 aromatic heterocycles. The van der Waals surface area contributed by atoms with Gasteiger partial charge in [-0.3, -0.25) is 4.79 Å². The average Bonchev–Trinajstić information content (AvgIpc) is 2.53. The van der Waals surface area contributed by atoms with Crippen LogP contribution in [0.3, 0.4) is 0 Å². The number of halogens is 2. The van der Waals surface area contributed by atoms with Crippen LogP contribution in [0.25, 0.3) is 0 Å². The van der Waals surface area contributed by atoms with E-state index in [2.05, 4.69) is 21.2 Å². The zero-order chi connectivity index (χ0) is 16.8. The van der Waals surface area contributed by atoms with Crippen LogP contribution in [0.15, 0.2) is 53.0 Å². The summed E-state index contributed by atoms with van der Waals surface area (Å²) < 4.78 is 1.00. The molecule has 0 saturated carbocycles. The summed E-state index contributed by atoms with van der Waals surface area (Å²) in [5.74, 6) is 0.00663. The first kappa shape index (κ1) is 18.0. The molecule has 0 saturated heterocycles. The maximum Gasteiger partial charge on any atom is 0.275 e. The van der Waals surface area contributed by atoms with Gasteiger partial charge in [0.1, 0.15) is 6.04 Å². The minimum Gasteiger partial charge on any atom is -0.345 e. The van der Waals surface area contributed by atoms with Gasteiger partial charge in [-0.1, -0.05) is 63.9 Å². The molecule has 3 N–H and O–H groups in total. The van der Waals surface area contributed by atoms with Gasteiger partial charge in [0.15, 0.2) is 6.54 Å². The second-order valence-electron chi connectivity index (χ2n) is 5.56. The molecule has 0 aliphatic carbocycles. The lowest BCUT2D eigenvalue weighted by atomic mass is 10.1. The Morgan fingerprint density at radius 1 is 1.13 bits per heavy atom. The molecule has 23 heavy (non-hydrogen) atoms. The Morgan fingerprint density at radius 3 is 2.39 bits per heavy atom. The van der Waals surface area contributed by atoms with Crippen LogP contribution in [0, 0.1) is 0 Å². The number of carbonyl (C=O) groups excluding carboxylic acids is 1. The Kier molecular flexibility index (Phi) is 6.63. The molecular weight excluding hydrogens is 376 g/mol. The summed E-state index contributed by atoms with van der Waals surface area (Å²) in [6, 6.07) is 15.7. The lowest BCUT2D eigenvalue weighted by molar-refractivity contribution is -0.682. The number of nitrogens with one attached hydrogen (secondary N) is 1. The van der Waals surface area contributed by atoms with E-state index >= 15 is 0 Å². The number of hydrogen-bond acceptors (Lipinski definition) is 1. The van der Waals surface area contributed by atoms with Crippen LogP contribution in [0.5, 0.6) is 0 Å². The van der Waals surface area contributed by atoms with Gasteiger partial charge in [0.25, 0.3) is 5.91 Å². The SMILES string of the molecule is C[C@H](NC(=O)C[NH2+][C@@H](C)c1ccccc1Cl)c1ccccc1Br. The van der Waals surface area contributed by atoms with Crippen LogP contribution < -0.4 is 10.6 Å². The third-order valence-corrected chi connectivity index (χ3v) is 4.87. The number of quaternary nitrogens is 1. The zero-order valence-corrected chi connectivity index (χ0v) is 15.6. The first-order valence-corrected chi connectivity index (χ1v) is 8.77. The molecule has 2 rings (SSSR count). The maximum absolute atomic E-state index is 12.2. The maximum atomic E-state index is 12.2. The fraction of sp³-hybridized carbons (Fsp3) is 0.278. The van der Waals surface area contributed by atoms with E-state index in [-0.39, 0.29) is 18.0 Å². The second-order valence-corrected chi connectivity index (χ2v) is 6.82. The monoisotopic (exact) mass is 395 g/mol. The summed E-state index contributed by atoms with van der Waals surface area (Å²) in [5, 5.41) is 5.75. The molecule has 0 aliphatic heterocycles. The number of nitrogens with two attached hydrogens (primary N) is 1. The van der Waals surface area contributed by atoms with Crippen molar-refractivity contribution in [2.45, 2.75) is 25.9 Å². The van der Waals surface area contributed by atoms with Gasteiger partial charge in [-0.15, -0.1) is 0 Å². The third-order valence-electron chi connectivity index (χ3n) is 3.80. The van der Waals surface area contributed by atoms with Crippen molar-refractivity contribution in [3.8, 4) is 0 Å². The van der Waals surface area contributed by atoms with Gasteiger partial charge in [0.05, 0.1) is 6.04 Å². The normalized spacial score (nSPS) is 13.4. The summed E-state index contributed by atoms with van der Waals surface area (Å²) >= 11 is 9.70. The lowest BCUT2D eigenvalue weighted by Crippen LogP contribution is -2.87. The Hall–Kier alpha value is -1.36. The van der Waals surface area contributed by atoms with E-state index < -0.39 is 0 Å². The molecular formula is C18H21BrClN2O+. The van der Waals surface area contributed by atoms with E-state index in [0.717, 1.165) is 20.6 Å². The topological polar surface area (TPSA) is 45.7 Å². The molecule has 0 spiro atoms. The molecule has 0 unspecified atom stereocenters. The smallest absolute Gasteiger partial charge is 0.275 e. The van der Waals surface area contributed by atoms with Gasteiger partial charge in [-0.05, 0) is 31.5 Å². The molecule has 0 bridgehead atoms. The highest BCUT2D eigenvalue weighted by Crippen LogP contribution is 2.22. The first-order valence-electron chi connectivity index (χ1n) is 7.60. The van der Waals surface area contributed by atoms with Gasteiger partial charge in [0.2, 0.25) is 0 Å². The van der Waals surface area contributed by atoms with Crippen molar-refractivity contribution < 1.29 is 10.1 Å². The van der Waals surface area contributed by atoms with Gasteiger partial charge in [0, 0.05) is 15.1 Å². The molecule has 5 heteroatoms. The van der Waals surface area contributed by atoms with E-state index in [1.165, 1.54) is 0 Å². The summed E-state index contributed by atoms with van der Waals surface area (Å²) in [6.45, 7) is 4.39. The molecule has 2 atom stereocenters. The minimum absolute atomic E-state index is 0.00663. The largest absolute Gasteiger partial charge is 0.345 e. The summed E-state index contributed by atoms with van der Waals surface area (Å²) in [6.07, 6.45) is 0. The first-order chi connectivity index (χ1) is 11.0. The Balaban J connectivity index is 1.88. The van der Waals surface area contributed by atoms with Crippen molar-refractivity contribution in [2.75, 3.05) is 6.54 Å². The highest BCUT2D eigenvalue weighted by atomic mass is 79.9. The summed E-state index contributed by atoms with van der Waals surface area (Å²) in [4.78, 5) is 12.2. The Bertz CT molecular complexity index is 678. The molecule has 0 aliphatic rings. The quantitative estimate of drug-likeness (QED) is 0.770. The fourth-order valence-electron chi connectivity index (χ4n) is 2.46. The standard InChI is InChI=1S/C18H20BrClN2O/c1-12(15-8-4-6-10-17(15)20)21-11-18(23)22-13(2)14-7-3-5-9-16(14)19/h3-10,12-13,21H,11H2,1-2H3,(H,22,23)/p+1/t12-,13-/m0/s1. The predicted octanol–water partition coefficient (Wildman–Crippen LogP) is 3.60. The van der Waals surface area contributed by atoms with Gasteiger partial charge in [-0.2, -0.15) is 0 Å². The Morgan fingerprint density at radius 2 is 1.74 bits per heavy atom. The van der Waals surface area contributed by atoms with E-state index in [0.29, 0.717) is 6.54 Å². The van der Waals surface area contributed by atoms with Gasteiger partial charge in [-0.25, -0.2) is 0 Å². The second kappa shape index (κ2) is 8.48. The molecule has 2 aromatic rings. The van der Waals surface area contributed by atoms with Gasteiger partial charge >= 0.3 is 0 Å². The predicted molar refractivity (Wildman–Crippen MR) is 97.4 cm³/mol. The number of benzene rings is 2. The van der Waals surface area contributed by atoms with E-state index in [4.69, 9.17) is 11.6 Å². The minimum atomic E-state index is -0.0397. The molecule has 1 amide bonds. The number of carbonyl (C=O) groups is 1. The Labute approximate surface area is 150 Å². The van der Waals surface area contributed by atoms with Crippen molar-refractivity contribution >= 4 is 33.4 Å². The average molecular weight is 397 g/mol. The van der Waals surface area contributed by atoms with Crippen LogP contribution in [0.1, 0.15) is 37.1 Å². The van der Waals surface area contributed by atoms with Crippen LogP contribution in [0.4, 0.5) is 0 Å². The zero-order valence-electron chi connectivity index (χ0n) is 13.2.